The number of carboxylic acid groups (broad SMARTS) is 1. The van der Waals surface area contributed by atoms with Crippen molar-refractivity contribution in [3.05, 3.63) is 0 Å². The van der Waals surface area contributed by atoms with Crippen LogP contribution in [-0.2, 0) is 9.53 Å². The lowest BCUT2D eigenvalue weighted by molar-refractivity contribution is -0.173. The first-order valence-electron chi connectivity index (χ1n) is 4.52. The Hall–Kier alpha value is -1.01. The molecular weight excluding hydrogens is 168 g/mol. The van der Waals surface area contributed by atoms with Gasteiger partial charge < -0.3 is 9.84 Å². The molecule has 0 spiro atoms. The predicted molar refractivity (Wildman–Crippen MR) is 48.2 cm³/mol. The topological polar surface area (TPSA) is 46.5 Å². The molecule has 0 saturated carbocycles. The van der Waals surface area contributed by atoms with Crippen molar-refractivity contribution in [2.75, 3.05) is 6.61 Å². The second kappa shape index (κ2) is 4.29. The summed E-state index contributed by atoms with van der Waals surface area (Å²) < 4.78 is 5.33. The van der Waals surface area contributed by atoms with E-state index in [4.69, 9.17) is 16.3 Å². The van der Waals surface area contributed by atoms with Gasteiger partial charge in [-0.25, -0.2) is 4.79 Å². The van der Waals surface area contributed by atoms with E-state index in [2.05, 4.69) is 5.92 Å². The Labute approximate surface area is 78.1 Å². The van der Waals surface area contributed by atoms with Crippen LogP contribution in [0.4, 0.5) is 0 Å². The van der Waals surface area contributed by atoms with Crippen LogP contribution in [0, 0.1) is 12.3 Å². The van der Waals surface area contributed by atoms with E-state index < -0.39 is 11.6 Å². The van der Waals surface area contributed by atoms with E-state index in [-0.39, 0.29) is 0 Å². The molecular formula is C10H14O3. The van der Waals surface area contributed by atoms with Crippen molar-refractivity contribution < 1.29 is 14.6 Å². The van der Waals surface area contributed by atoms with Crippen LogP contribution in [0.15, 0.2) is 0 Å². The molecule has 3 heteroatoms. The summed E-state index contributed by atoms with van der Waals surface area (Å²) in [5.41, 5.74) is -0.995. The third kappa shape index (κ3) is 2.22. The highest BCUT2D eigenvalue weighted by Gasteiger charge is 2.40. The second-order valence-corrected chi connectivity index (χ2v) is 3.31. The van der Waals surface area contributed by atoms with Gasteiger partial charge in [-0.1, -0.05) is 0 Å². The predicted octanol–water partition coefficient (Wildman–Crippen LogP) is 1.42. The number of aliphatic carboxylic acids is 1. The van der Waals surface area contributed by atoms with E-state index in [1.165, 1.54) is 0 Å². The molecule has 1 rings (SSSR count). The van der Waals surface area contributed by atoms with E-state index in [9.17, 15) is 4.79 Å². The molecule has 1 aliphatic rings. The highest BCUT2D eigenvalue weighted by molar-refractivity contribution is 5.77. The Bertz CT molecular complexity index is 221. The van der Waals surface area contributed by atoms with Crippen molar-refractivity contribution in [2.24, 2.45) is 0 Å². The van der Waals surface area contributed by atoms with Crippen LogP contribution in [0.5, 0.6) is 0 Å². The van der Waals surface area contributed by atoms with Crippen molar-refractivity contribution in [1.29, 1.82) is 0 Å². The maximum Gasteiger partial charge on any atom is 0.336 e. The minimum atomic E-state index is -0.995. The Kier molecular flexibility index (Phi) is 3.32. The average Bonchev–Trinajstić information content (AvgIpc) is 2.16. The Morgan fingerprint density at radius 3 is 2.85 bits per heavy atom. The summed E-state index contributed by atoms with van der Waals surface area (Å²) in [6, 6.07) is 0. The van der Waals surface area contributed by atoms with Gasteiger partial charge in [-0.2, -0.15) is 0 Å². The standard InChI is InChI=1S/C10H14O3/c1-2-3-6-10(9(11)12)7-4-5-8-13-10/h1H,3-8H2,(H,11,12). The molecule has 0 aromatic carbocycles. The highest BCUT2D eigenvalue weighted by Crippen LogP contribution is 2.29. The van der Waals surface area contributed by atoms with Crippen molar-refractivity contribution in [3.63, 3.8) is 0 Å². The largest absolute Gasteiger partial charge is 0.479 e. The van der Waals surface area contributed by atoms with Gasteiger partial charge >= 0.3 is 5.97 Å². The maximum absolute atomic E-state index is 11.0. The molecule has 1 atom stereocenters. The number of rotatable bonds is 3. The SMILES string of the molecule is C#CCCC1(C(=O)O)CCCCO1. The van der Waals surface area contributed by atoms with Crippen LogP contribution in [0.1, 0.15) is 32.1 Å². The molecule has 1 fully saturated rings. The van der Waals surface area contributed by atoms with Gasteiger partial charge in [-0.15, -0.1) is 12.3 Å². The molecule has 13 heavy (non-hydrogen) atoms. The third-order valence-electron chi connectivity index (χ3n) is 2.42. The zero-order valence-electron chi connectivity index (χ0n) is 7.58. The number of hydrogen-bond donors (Lipinski definition) is 1. The molecule has 72 valence electrons. The maximum atomic E-state index is 11.0. The molecule has 1 heterocycles. The molecule has 0 radical (unpaired) electrons. The van der Waals surface area contributed by atoms with Gasteiger partial charge in [0.25, 0.3) is 0 Å². The highest BCUT2D eigenvalue weighted by atomic mass is 16.5. The Morgan fingerprint density at radius 1 is 1.62 bits per heavy atom. The Balaban J connectivity index is 2.62. The van der Waals surface area contributed by atoms with Gasteiger partial charge in [0.05, 0.1) is 0 Å². The summed E-state index contributed by atoms with van der Waals surface area (Å²) in [5.74, 6) is 1.58. The fourth-order valence-electron chi connectivity index (χ4n) is 1.60. The van der Waals surface area contributed by atoms with Gasteiger partial charge in [0.2, 0.25) is 0 Å². The summed E-state index contributed by atoms with van der Waals surface area (Å²) in [6.45, 7) is 0.539. The first kappa shape index (κ1) is 10.1. The third-order valence-corrected chi connectivity index (χ3v) is 2.42. The number of carboxylic acids is 1. The summed E-state index contributed by atoms with van der Waals surface area (Å²) >= 11 is 0. The monoisotopic (exact) mass is 182 g/mol. The minimum absolute atomic E-state index is 0.429. The molecule has 1 N–H and O–H groups in total. The van der Waals surface area contributed by atoms with Gasteiger partial charge in [-0.3, -0.25) is 0 Å². The fourth-order valence-corrected chi connectivity index (χ4v) is 1.60. The van der Waals surface area contributed by atoms with Crippen LogP contribution < -0.4 is 0 Å². The molecule has 1 saturated heterocycles. The number of hydrogen-bond acceptors (Lipinski definition) is 2. The number of carbonyl (C=O) groups is 1. The van der Waals surface area contributed by atoms with Crippen LogP contribution >= 0.6 is 0 Å². The van der Waals surface area contributed by atoms with Gasteiger partial charge in [0.1, 0.15) is 0 Å². The van der Waals surface area contributed by atoms with Crippen molar-refractivity contribution >= 4 is 5.97 Å². The van der Waals surface area contributed by atoms with Crippen LogP contribution in [0.3, 0.4) is 0 Å². The number of ether oxygens (including phenoxy) is 1. The molecule has 1 aliphatic heterocycles. The molecule has 3 nitrogen and oxygen atoms in total. The normalized spacial score (nSPS) is 27.9. The summed E-state index contributed by atoms with van der Waals surface area (Å²) in [7, 11) is 0. The quantitative estimate of drug-likeness (QED) is 0.671. The first-order valence-corrected chi connectivity index (χ1v) is 4.52. The second-order valence-electron chi connectivity index (χ2n) is 3.31. The van der Waals surface area contributed by atoms with E-state index in [0.717, 1.165) is 12.8 Å². The van der Waals surface area contributed by atoms with Crippen molar-refractivity contribution in [1.82, 2.24) is 0 Å². The fraction of sp³-hybridized carbons (Fsp3) is 0.700. The van der Waals surface area contributed by atoms with E-state index in [0.29, 0.717) is 25.9 Å². The molecule has 0 bridgehead atoms. The molecule has 0 aromatic rings. The van der Waals surface area contributed by atoms with Crippen LogP contribution in [-0.4, -0.2) is 23.3 Å². The summed E-state index contributed by atoms with van der Waals surface area (Å²) in [5, 5.41) is 9.02. The summed E-state index contributed by atoms with van der Waals surface area (Å²) in [4.78, 5) is 11.0. The van der Waals surface area contributed by atoms with Crippen LogP contribution in [0.2, 0.25) is 0 Å². The Morgan fingerprint density at radius 2 is 2.38 bits per heavy atom. The van der Waals surface area contributed by atoms with Gasteiger partial charge in [0, 0.05) is 13.0 Å². The lowest BCUT2D eigenvalue weighted by Crippen LogP contribution is -2.44. The first-order chi connectivity index (χ1) is 6.21. The zero-order chi connectivity index (χ0) is 9.73. The average molecular weight is 182 g/mol. The van der Waals surface area contributed by atoms with Gasteiger partial charge in [0.15, 0.2) is 5.60 Å². The smallest absolute Gasteiger partial charge is 0.336 e. The molecule has 0 amide bonds. The number of terminal acetylenes is 1. The molecule has 0 aliphatic carbocycles. The van der Waals surface area contributed by atoms with E-state index in [1.807, 2.05) is 0 Å². The molecule has 0 aromatic heterocycles. The van der Waals surface area contributed by atoms with E-state index >= 15 is 0 Å². The summed E-state index contributed by atoms with van der Waals surface area (Å²) in [6.07, 6.45) is 8.45. The zero-order valence-corrected chi connectivity index (χ0v) is 7.58. The van der Waals surface area contributed by atoms with Crippen molar-refractivity contribution in [3.8, 4) is 12.3 Å². The van der Waals surface area contributed by atoms with Crippen LogP contribution in [0.25, 0.3) is 0 Å². The lowest BCUT2D eigenvalue weighted by Gasteiger charge is -2.32. The van der Waals surface area contributed by atoms with Crippen molar-refractivity contribution in [2.45, 2.75) is 37.7 Å². The van der Waals surface area contributed by atoms with Gasteiger partial charge in [-0.05, 0) is 25.7 Å². The minimum Gasteiger partial charge on any atom is -0.479 e. The molecule has 1 unspecified atom stereocenters. The lowest BCUT2D eigenvalue weighted by atomic mass is 9.89. The van der Waals surface area contributed by atoms with E-state index in [1.54, 1.807) is 0 Å².